The standard InChI is InChI=1S/C17H32O3Si/c1-13(20-21(7,8)17(2,3)4)15-11-14(9-10-18-5)16(12-15)19-6/h11,14,16H,1,9-10,12H2,2-8H3/t14-,16+/m1/s1. The van der Waals surface area contributed by atoms with Crippen LogP contribution in [0.4, 0.5) is 0 Å². The Morgan fingerprint density at radius 3 is 2.43 bits per heavy atom. The lowest BCUT2D eigenvalue weighted by Gasteiger charge is -2.37. The van der Waals surface area contributed by atoms with Crippen molar-refractivity contribution in [2.45, 2.75) is 57.8 Å². The first-order chi connectivity index (χ1) is 9.62. The number of methoxy groups -OCH3 is 2. The van der Waals surface area contributed by atoms with E-state index in [2.05, 4.69) is 46.5 Å². The molecule has 0 radical (unpaired) electrons. The number of rotatable bonds is 7. The second-order valence-electron chi connectivity index (χ2n) is 7.40. The maximum atomic E-state index is 6.32. The third kappa shape index (κ3) is 4.70. The van der Waals surface area contributed by atoms with Crippen LogP contribution in [0.25, 0.3) is 0 Å². The summed E-state index contributed by atoms with van der Waals surface area (Å²) < 4.78 is 17.1. The normalized spacial score (nSPS) is 23.1. The van der Waals surface area contributed by atoms with Crippen molar-refractivity contribution in [1.82, 2.24) is 0 Å². The molecule has 0 aromatic heterocycles. The van der Waals surface area contributed by atoms with E-state index in [0.717, 1.165) is 25.2 Å². The summed E-state index contributed by atoms with van der Waals surface area (Å²) in [5, 5.41) is 0.186. The van der Waals surface area contributed by atoms with Gasteiger partial charge in [0.1, 0.15) is 0 Å². The summed E-state index contributed by atoms with van der Waals surface area (Å²) in [5.41, 5.74) is 1.20. The smallest absolute Gasteiger partial charge is 0.250 e. The number of hydrogen-bond donors (Lipinski definition) is 0. The van der Waals surface area contributed by atoms with Gasteiger partial charge in [-0.3, -0.25) is 0 Å². The molecule has 2 atom stereocenters. The van der Waals surface area contributed by atoms with E-state index in [1.165, 1.54) is 5.57 Å². The van der Waals surface area contributed by atoms with Gasteiger partial charge in [0, 0.05) is 33.2 Å². The molecular formula is C17H32O3Si. The minimum absolute atomic E-state index is 0.186. The third-order valence-electron chi connectivity index (χ3n) is 4.81. The number of ether oxygens (including phenoxy) is 2. The van der Waals surface area contributed by atoms with Crippen LogP contribution < -0.4 is 0 Å². The van der Waals surface area contributed by atoms with Crippen LogP contribution >= 0.6 is 0 Å². The van der Waals surface area contributed by atoms with Gasteiger partial charge in [0.05, 0.1) is 11.9 Å². The Morgan fingerprint density at radius 1 is 1.33 bits per heavy atom. The van der Waals surface area contributed by atoms with E-state index in [1.807, 2.05) is 0 Å². The maximum absolute atomic E-state index is 6.32. The lowest BCUT2D eigenvalue weighted by Crippen LogP contribution is -2.40. The molecule has 1 aliphatic carbocycles. The van der Waals surface area contributed by atoms with Crippen molar-refractivity contribution in [2.24, 2.45) is 5.92 Å². The van der Waals surface area contributed by atoms with Gasteiger partial charge in [-0.15, -0.1) is 0 Å². The highest BCUT2D eigenvalue weighted by molar-refractivity contribution is 6.74. The van der Waals surface area contributed by atoms with Gasteiger partial charge in [-0.25, -0.2) is 0 Å². The van der Waals surface area contributed by atoms with Crippen LogP contribution in [0.5, 0.6) is 0 Å². The van der Waals surface area contributed by atoms with Crippen molar-refractivity contribution < 1.29 is 13.9 Å². The predicted octanol–water partition coefficient (Wildman–Crippen LogP) is 4.52. The fourth-order valence-electron chi connectivity index (χ4n) is 2.32. The largest absolute Gasteiger partial charge is 0.544 e. The van der Waals surface area contributed by atoms with Gasteiger partial charge in [0.15, 0.2) is 0 Å². The fourth-order valence-corrected chi connectivity index (χ4v) is 3.37. The molecule has 1 aliphatic rings. The Hall–Kier alpha value is -0.583. The summed E-state index contributed by atoms with van der Waals surface area (Å²) >= 11 is 0. The van der Waals surface area contributed by atoms with E-state index in [0.29, 0.717) is 5.92 Å². The molecule has 0 bridgehead atoms. The molecule has 3 nitrogen and oxygen atoms in total. The highest BCUT2D eigenvalue weighted by Gasteiger charge is 2.40. The van der Waals surface area contributed by atoms with Gasteiger partial charge in [0.25, 0.3) is 0 Å². The van der Waals surface area contributed by atoms with Crippen molar-refractivity contribution in [3.63, 3.8) is 0 Å². The number of allylic oxidation sites excluding steroid dienone is 1. The Balaban J connectivity index is 2.74. The topological polar surface area (TPSA) is 27.7 Å². The summed E-state index contributed by atoms with van der Waals surface area (Å²) in [7, 11) is 1.69. The first-order valence-electron chi connectivity index (χ1n) is 7.73. The van der Waals surface area contributed by atoms with E-state index < -0.39 is 8.32 Å². The van der Waals surface area contributed by atoms with E-state index in [-0.39, 0.29) is 11.1 Å². The molecule has 0 aromatic rings. The quantitative estimate of drug-likeness (QED) is 0.511. The molecule has 0 N–H and O–H groups in total. The molecule has 1 rings (SSSR count). The van der Waals surface area contributed by atoms with Crippen molar-refractivity contribution in [3.05, 3.63) is 24.0 Å². The van der Waals surface area contributed by atoms with Crippen molar-refractivity contribution in [2.75, 3.05) is 20.8 Å². The molecule has 122 valence electrons. The summed E-state index contributed by atoms with van der Waals surface area (Å²) in [5.74, 6) is 1.23. The zero-order chi connectivity index (χ0) is 16.3. The molecule has 0 aromatic carbocycles. The van der Waals surface area contributed by atoms with E-state index in [4.69, 9.17) is 13.9 Å². The van der Waals surface area contributed by atoms with Crippen LogP contribution in [0.3, 0.4) is 0 Å². The summed E-state index contributed by atoms with van der Waals surface area (Å²) in [6.45, 7) is 16.2. The number of hydrogen-bond acceptors (Lipinski definition) is 3. The van der Waals surface area contributed by atoms with Crippen molar-refractivity contribution in [3.8, 4) is 0 Å². The fraction of sp³-hybridized carbons (Fsp3) is 0.765. The Labute approximate surface area is 131 Å². The second-order valence-corrected chi connectivity index (χ2v) is 12.1. The third-order valence-corrected chi connectivity index (χ3v) is 9.18. The molecule has 0 saturated heterocycles. The molecule has 21 heavy (non-hydrogen) atoms. The van der Waals surface area contributed by atoms with Crippen LogP contribution in [-0.4, -0.2) is 35.2 Å². The molecule has 4 heteroatoms. The zero-order valence-electron chi connectivity index (χ0n) is 14.8. The predicted molar refractivity (Wildman–Crippen MR) is 90.9 cm³/mol. The van der Waals surface area contributed by atoms with Crippen LogP contribution in [0, 0.1) is 5.92 Å². The van der Waals surface area contributed by atoms with Gasteiger partial charge in [-0.1, -0.05) is 33.4 Å². The highest BCUT2D eigenvalue weighted by atomic mass is 28.4. The van der Waals surface area contributed by atoms with Gasteiger partial charge >= 0.3 is 0 Å². The highest BCUT2D eigenvalue weighted by Crippen LogP contribution is 2.40. The first kappa shape index (κ1) is 18.5. The van der Waals surface area contributed by atoms with Gasteiger partial charge in [0.2, 0.25) is 8.32 Å². The summed E-state index contributed by atoms with van der Waals surface area (Å²) in [6, 6.07) is 0. The molecular weight excluding hydrogens is 280 g/mol. The van der Waals surface area contributed by atoms with E-state index in [1.54, 1.807) is 14.2 Å². The minimum atomic E-state index is -1.82. The van der Waals surface area contributed by atoms with Gasteiger partial charge in [-0.05, 0) is 30.1 Å². The zero-order valence-corrected chi connectivity index (χ0v) is 15.8. The molecule has 0 saturated carbocycles. The molecule has 0 fully saturated rings. The Bertz CT molecular complexity index is 393. The average Bonchev–Trinajstić information content (AvgIpc) is 2.77. The molecule has 0 spiro atoms. The maximum Gasteiger partial charge on any atom is 0.250 e. The first-order valence-corrected chi connectivity index (χ1v) is 10.6. The van der Waals surface area contributed by atoms with Gasteiger partial charge in [-0.2, -0.15) is 0 Å². The molecule has 0 unspecified atom stereocenters. The molecule has 0 heterocycles. The Kier molecular flexibility index (Phi) is 6.26. The molecule has 0 aliphatic heterocycles. The van der Waals surface area contributed by atoms with Crippen LogP contribution in [0.15, 0.2) is 24.0 Å². The van der Waals surface area contributed by atoms with Gasteiger partial charge < -0.3 is 13.9 Å². The monoisotopic (exact) mass is 312 g/mol. The lowest BCUT2D eigenvalue weighted by molar-refractivity contribution is 0.0633. The summed E-state index contributed by atoms with van der Waals surface area (Å²) in [4.78, 5) is 0. The lowest BCUT2D eigenvalue weighted by atomic mass is 10.0. The van der Waals surface area contributed by atoms with Crippen LogP contribution in [0.2, 0.25) is 18.1 Å². The summed E-state index contributed by atoms with van der Waals surface area (Å²) in [6.07, 6.45) is 4.35. The van der Waals surface area contributed by atoms with E-state index >= 15 is 0 Å². The average molecular weight is 313 g/mol. The van der Waals surface area contributed by atoms with Crippen LogP contribution in [-0.2, 0) is 13.9 Å². The second kappa shape index (κ2) is 7.12. The Morgan fingerprint density at radius 2 is 1.95 bits per heavy atom. The van der Waals surface area contributed by atoms with Crippen molar-refractivity contribution >= 4 is 8.32 Å². The SMILES string of the molecule is C=C(O[Si](C)(C)C(C)(C)C)C1=C[C@@H](CCOC)[C@@H](OC)C1. The van der Waals surface area contributed by atoms with E-state index in [9.17, 15) is 0 Å². The van der Waals surface area contributed by atoms with Crippen LogP contribution in [0.1, 0.15) is 33.6 Å². The molecule has 0 amide bonds. The van der Waals surface area contributed by atoms with Crippen molar-refractivity contribution in [1.29, 1.82) is 0 Å². The minimum Gasteiger partial charge on any atom is -0.544 e.